The second kappa shape index (κ2) is 8.86. The van der Waals surface area contributed by atoms with Crippen LogP contribution in [0.5, 0.6) is 0 Å². The summed E-state index contributed by atoms with van der Waals surface area (Å²) in [7, 11) is 0. The Balaban J connectivity index is 1.40. The van der Waals surface area contributed by atoms with Crippen LogP contribution in [0.3, 0.4) is 0 Å². The molecule has 1 unspecified atom stereocenters. The van der Waals surface area contributed by atoms with Crippen LogP contribution in [0.4, 0.5) is 0 Å². The third-order valence-corrected chi connectivity index (χ3v) is 7.35. The molecule has 30 heavy (non-hydrogen) atoms. The summed E-state index contributed by atoms with van der Waals surface area (Å²) in [4.78, 5) is 7.67. The SMILES string of the molecule is Clc1ccc(Cn2c(/C=C/C3CCN(C4CCCC4)C3)nc3cc(Br)ccc32)cc1. The fraction of sp³-hybridized carbons (Fsp3) is 0.400. The van der Waals surface area contributed by atoms with E-state index in [0.717, 1.165) is 38.9 Å². The molecule has 5 heteroatoms. The van der Waals surface area contributed by atoms with E-state index in [1.165, 1.54) is 50.8 Å². The fourth-order valence-corrected chi connectivity index (χ4v) is 5.46. The molecule has 0 amide bonds. The molecule has 1 aromatic heterocycles. The lowest BCUT2D eigenvalue weighted by atomic mass is 10.1. The van der Waals surface area contributed by atoms with Crippen LogP contribution in [0.2, 0.25) is 5.02 Å². The number of fused-ring (bicyclic) bond motifs is 1. The Kier molecular flexibility index (Phi) is 5.99. The van der Waals surface area contributed by atoms with Crippen LogP contribution in [-0.2, 0) is 6.54 Å². The first-order valence-corrected chi connectivity index (χ1v) is 12.2. The van der Waals surface area contributed by atoms with E-state index in [2.05, 4.69) is 67.9 Å². The minimum atomic E-state index is 0.626. The molecule has 1 saturated heterocycles. The molecule has 1 aliphatic heterocycles. The molecule has 2 fully saturated rings. The van der Waals surface area contributed by atoms with E-state index in [1.54, 1.807) is 0 Å². The predicted octanol–water partition coefficient (Wildman–Crippen LogP) is 6.78. The van der Waals surface area contributed by atoms with Crippen molar-refractivity contribution in [3.8, 4) is 0 Å². The molecule has 2 aromatic carbocycles. The van der Waals surface area contributed by atoms with Crippen LogP contribution in [0, 0.1) is 5.92 Å². The minimum absolute atomic E-state index is 0.626. The van der Waals surface area contributed by atoms with Gasteiger partial charge in [-0.2, -0.15) is 0 Å². The number of hydrogen-bond donors (Lipinski definition) is 0. The van der Waals surface area contributed by atoms with Gasteiger partial charge in [0.05, 0.1) is 11.0 Å². The van der Waals surface area contributed by atoms with Crippen LogP contribution < -0.4 is 0 Å². The fourth-order valence-electron chi connectivity index (χ4n) is 4.98. The summed E-state index contributed by atoms with van der Waals surface area (Å²) in [5.41, 5.74) is 3.41. The van der Waals surface area contributed by atoms with E-state index in [-0.39, 0.29) is 0 Å². The number of benzene rings is 2. The van der Waals surface area contributed by atoms with Crippen molar-refractivity contribution in [2.24, 2.45) is 5.92 Å². The van der Waals surface area contributed by atoms with Gasteiger partial charge < -0.3 is 4.57 Å². The summed E-state index contributed by atoms with van der Waals surface area (Å²) < 4.78 is 3.37. The average Bonchev–Trinajstić information content (AvgIpc) is 3.48. The second-order valence-corrected chi connectivity index (χ2v) is 10.0. The number of imidazole rings is 1. The first-order chi connectivity index (χ1) is 14.7. The van der Waals surface area contributed by atoms with Gasteiger partial charge >= 0.3 is 0 Å². The smallest absolute Gasteiger partial charge is 0.133 e. The first-order valence-electron chi connectivity index (χ1n) is 11.0. The summed E-state index contributed by atoms with van der Waals surface area (Å²) >= 11 is 9.66. The highest BCUT2D eigenvalue weighted by molar-refractivity contribution is 9.10. The summed E-state index contributed by atoms with van der Waals surface area (Å²) in [6.45, 7) is 3.23. The molecule has 3 nitrogen and oxygen atoms in total. The highest BCUT2D eigenvalue weighted by Crippen LogP contribution is 2.30. The molecule has 0 N–H and O–H groups in total. The molecular weight excluding hydrogens is 458 g/mol. The van der Waals surface area contributed by atoms with Crippen LogP contribution in [0.1, 0.15) is 43.5 Å². The van der Waals surface area contributed by atoms with E-state index < -0.39 is 0 Å². The van der Waals surface area contributed by atoms with Crippen molar-refractivity contribution in [1.29, 1.82) is 0 Å². The molecule has 5 rings (SSSR count). The topological polar surface area (TPSA) is 21.1 Å². The summed E-state index contributed by atoms with van der Waals surface area (Å²) in [5.74, 6) is 1.65. The van der Waals surface area contributed by atoms with E-state index >= 15 is 0 Å². The van der Waals surface area contributed by atoms with E-state index in [9.17, 15) is 0 Å². The molecular formula is C25H27BrClN3. The third-order valence-electron chi connectivity index (χ3n) is 6.61. The highest BCUT2D eigenvalue weighted by Gasteiger charge is 2.28. The zero-order chi connectivity index (χ0) is 20.5. The zero-order valence-electron chi connectivity index (χ0n) is 17.1. The molecule has 2 heterocycles. The number of nitrogens with zero attached hydrogens (tertiary/aromatic N) is 3. The van der Waals surface area contributed by atoms with Crippen molar-refractivity contribution >= 4 is 44.6 Å². The van der Waals surface area contributed by atoms with Gasteiger partial charge in [0.1, 0.15) is 5.82 Å². The van der Waals surface area contributed by atoms with Crippen molar-refractivity contribution in [3.05, 3.63) is 69.4 Å². The number of likely N-dealkylation sites (tertiary alicyclic amines) is 1. The van der Waals surface area contributed by atoms with Crippen molar-refractivity contribution in [1.82, 2.24) is 14.5 Å². The minimum Gasteiger partial charge on any atom is -0.320 e. The Morgan fingerprint density at radius 2 is 1.87 bits per heavy atom. The number of hydrogen-bond acceptors (Lipinski definition) is 2. The maximum Gasteiger partial charge on any atom is 0.133 e. The maximum atomic E-state index is 6.08. The van der Waals surface area contributed by atoms with Gasteiger partial charge in [-0.15, -0.1) is 0 Å². The van der Waals surface area contributed by atoms with Gasteiger partial charge in [-0.1, -0.05) is 58.6 Å². The Morgan fingerprint density at radius 3 is 2.67 bits per heavy atom. The zero-order valence-corrected chi connectivity index (χ0v) is 19.4. The van der Waals surface area contributed by atoms with Gasteiger partial charge in [0.25, 0.3) is 0 Å². The maximum absolute atomic E-state index is 6.08. The van der Waals surface area contributed by atoms with E-state index in [1.807, 2.05) is 12.1 Å². The lowest BCUT2D eigenvalue weighted by Gasteiger charge is -2.22. The monoisotopic (exact) mass is 483 g/mol. The Hall–Kier alpha value is -1.62. The molecule has 3 aromatic rings. The van der Waals surface area contributed by atoms with Gasteiger partial charge in [0.15, 0.2) is 0 Å². The number of rotatable bonds is 5. The quantitative estimate of drug-likeness (QED) is 0.398. The van der Waals surface area contributed by atoms with Crippen molar-refractivity contribution in [2.45, 2.75) is 44.7 Å². The molecule has 1 saturated carbocycles. The number of aromatic nitrogens is 2. The van der Waals surface area contributed by atoms with Crippen molar-refractivity contribution in [2.75, 3.05) is 13.1 Å². The van der Waals surface area contributed by atoms with Gasteiger partial charge in [-0.05, 0) is 73.7 Å². The van der Waals surface area contributed by atoms with Gasteiger partial charge in [0.2, 0.25) is 0 Å². The summed E-state index contributed by atoms with van der Waals surface area (Å²) in [6.07, 6.45) is 11.5. The third kappa shape index (κ3) is 4.37. The predicted molar refractivity (Wildman–Crippen MR) is 129 cm³/mol. The van der Waals surface area contributed by atoms with E-state index in [0.29, 0.717) is 5.92 Å². The second-order valence-electron chi connectivity index (χ2n) is 8.66. The van der Waals surface area contributed by atoms with Crippen LogP contribution in [-0.4, -0.2) is 33.6 Å². The van der Waals surface area contributed by atoms with Crippen molar-refractivity contribution in [3.63, 3.8) is 0 Å². The average molecular weight is 485 g/mol. The molecule has 1 aliphatic carbocycles. The molecule has 2 aliphatic rings. The number of halogens is 2. The lowest BCUT2D eigenvalue weighted by molar-refractivity contribution is 0.242. The molecule has 0 bridgehead atoms. The Morgan fingerprint density at radius 1 is 1.07 bits per heavy atom. The Bertz CT molecular complexity index is 1050. The summed E-state index contributed by atoms with van der Waals surface area (Å²) in [5, 5.41) is 0.770. The molecule has 156 valence electrons. The standard InChI is InChI=1S/C25H27BrClN3/c26-20-8-11-24-23(15-20)28-25(30(24)17-18-5-9-21(27)10-6-18)12-7-19-13-14-29(16-19)22-3-1-2-4-22/h5-12,15,19,22H,1-4,13-14,16-17H2/b12-7+. The van der Waals surface area contributed by atoms with Gasteiger partial charge in [-0.25, -0.2) is 4.98 Å². The van der Waals surface area contributed by atoms with Gasteiger partial charge in [0, 0.05) is 28.6 Å². The highest BCUT2D eigenvalue weighted by atomic mass is 79.9. The summed E-state index contributed by atoms with van der Waals surface area (Å²) in [6, 6.07) is 15.3. The molecule has 1 atom stereocenters. The first kappa shape index (κ1) is 20.3. The normalized spacial score (nSPS) is 20.8. The molecule has 0 spiro atoms. The van der Waals surface area contributed by atoms with Crippen LogP contribution >= 0.6 is 27.5 Å². The molecule has 0 radical (unpaired) electrons. The van der Waals surface area contributed by atoms with Crippen molar-refractivity contribution < 1.29 is 0 Å². The largest absolute Gasteiger partial charge is 0.320 e. The van der Waals surface area contributed by atoms with Crippen LogP contribution in [0.25, 0.3) is 17.1 Å². The Labute approximate surface area is 191 Å². The van der Waals surface area contributed by atoms with Gasteiger partial charge in [-0.3, -0.25) is 4.90 Å². The van der Waals surface area contributed by atoms with E-state index in [4.69, 9.17) is 16.6 Å². The lowest BCUT2D eigenvalue weighted by Crippen LogP contribution is -2.30. The van der Waals surface area contributed by atoms with Crippen LogP contribution in [0.15, 0.2) is 53.0 Å².